The molecule has 3 aromatic heterocycles. The third kappa shape index (κ3) is 7.50. The van der Waals surface area contributed by atoms with E-state index in [9.17, 15) is 24.0 Å². The fourth-order valence-corrected chi connectivity index (χ4v) is 9.65. The van der Waals surface area contributed by atoms with E-state index in [0.717, 1.165) is 54.7 Å². The molecule has 6 heterocycles. The van der Waals surface area contributed by atoms with Gasteiger partial charge in [0.2, 0.25) is 17.7 Å². The Labute approximate surface area is 349 Å². The lowest BCUT2D eigenvalue weighted by atomic mass is 10.1. The zero-order chi connectivity index (χ0) is 41.5. The van der Waals surface area contributed by atoms with Crippen LogP contribution in [0.5, 0.6) is 0 Å². The van der Waals surface area contributed by atoms with Crippen LogP contribution in [0.4, 0.5) is 11.4 Å². The minimum absolute atomic E-state index is 0.0163. The Morgan fingerprint density at radius 1 is 0.917 bits per heavy atom. The van der Waals surface area contributed by atoms with Gasteiger partial charge in [-0.15, -0.1) is 11.3 Å². The van der Waals surface area contributed by atoms with E-state index in [0.29, 0.717) is 62.8 Å². The Morgan fingerprint density at radius 3 is 2.52 bits per heavy atom. The maximum atomic E-state index is 13.2. The van der Waals surface area contributed by atoms with Crippen LogP contribution in [0.15, 0.2) is 71.5 Å². The van der Waals surface area contributed by atoms with E-state index in [1.54, 1.807) is 11.6 Å². The highest BCUT2D eigenvalue weighted by molar-refractivity contribution is 7.21. The molecule has 1 unspecified atom stereocenters. The van der Waals surface area contributed by atoms with Crippen molar-refractivity contribution in [2.75, 3.05) is 69.4 Å². The minimum Gasteiger partial charge on any atom is -0.381 e. The lowest BCUT2D eigenvalue weighted by molar-refractivity contribution is -0.137. The minimum atomic E-state index is -0.736. The maximum Gasteiger partial charge on any atom is 0.329 e. The SMILES string of the molecule is C[C@@H]1CNc2c(sc3ccc4nc(-c5ccc(N6CCN(C(=O)COCCOCCc7cccc8c7n(C)c(=O)n8C7CCC(=O)NC7=O)CC6)cc5)ccc4c23)C(=O)N1. The van der Waals surface area contributed by atoms with Crippen molar-refractivity contribution in [1.82, 2.24) is 29.7 Å². The Balaban J connectivity index is 0.729. The van der Waals surface area contributed by atoms with E-state index in [1.165, 1.54) is 15.9 Å². The van der Waals surface area contributed by atoms with Crippen molar-refractivity contribution in [2.24, 2.45) is 7.05 Å². The maximum absolute atomic E-state index is 13.2. The van der Waals surface area contributed by atoms with Gasteiger partial charge in [0.1, 0.15) is 17.5 Å². The fraction of sp³-hybridized carbons (Fsp3) is 0.364. The normalized spacial score (nSPS) is 18.4. The van der Waals surface area contributed by atoms with Gasteiger partial charge in [-0.25, -0.2) is 9.78 Å². The zero-order valence-electron chi connectivity index (χ0n) is 33.5. The second kappa shape index (κ2) is 16.5. The topological polar surface area (TPSA) is 169 Å². The smallest absolute Gasteiger partial charge is 0.329 e. The molecule has 0 bridgehead atoms. The number of aromatic nitrogens is 3. The molecule has 2 fully saturated rings. The molecule has 3 aliphatic rings. The number of amides is 4. The molecule has 15 nitrogen and oxygen atoms in total. The molecule has 60 heavy (non-hydrogen) atoms. The summed E-state index contributed by atoms with van der Waals surface area (Å²) in [4.78, 5) is 73.0. The van der Waals surface area contributed by atoms with Crippen LogP contribution >= 0.6 is 11.3 Å². The summed E-state index contributed by atoms with van der Waals surface area (Å²) in [6, 6.07) is 21.5. The number of piperazine rings is 1. The first kappa shape index (κ1) is 39.4. The van der Waals surface area contributed by atoms with Gasteiger partial charge >= 0.3 is 5.69 Å². The van der Waals surface area contributed by atoms with Crippen molar-refractivity contribution in [1.29, 1.82) is 0 Å². The van der Waals surface area contributed by atoms with Gasteiger partial charge in [0.05, 0.1) is 47.8 Å². The number of imidazole rings is 1. The lowest BCUT2D eigenvalue weighted by Crippen LogP contribution is -2.49. The average molecular weight is 831 g/mol. The largest absolute Gasteiger partial charge is 0.381 e. The highest BCUT2D eigenvalue weighted by atomic mass is 32.1. The van der Waals surface area contributed by atoms with Gasteiger partial charge in [-0.2, -0.15) is 0 Å². The predicted octanol–water partition coefficient (Wildman–Crippen LogP) is 4.22. The third-order valence-corrected chi connectivity index (χ3v) is 12.8. The molecule has 310 valence electrons. The number of thiophene rings is 1. The van der Waals surface area contributed by atoms with E-state index >= 15 is 0 Å². The quantitative estimate of drug-likeness (QED) is 0.127. The van der Waals surface area contributed by atoms with Crippen molar-refractivity contribution in [3.63, 3.8) is 0 Å². The molecule has 2 atom stereocenters. The summed E-state index contributed by atoms with van der Waals surface area (Å²) >= 11 is 1.51. The zero-order valence-corrected chi connectivity index (χ0v) is 34.3. The lowest BCUT2D eigenvalue weighted by Gasteiger charge is -2.36. The van der Waals surface area contributed by atoms with Crippen molar-refractivity contribution in [3.8, 4) is 11.3 Å². The number of nitrogens with zero attached hydrogens (tertiary/aromatic N) is 5. The van der Waals surface area contributed by atoms with Crippen LogP contribution in [0.25, 0.3) is 43.3 Å². The van der Waals surface area contributed by atoms with E-state index in [2.05, 4.69) is 51.2 Å². The molecule has 16 heteroatoms. The molecule has 0 radical (unpaired) electrons. The molecular formula is C44H46N8O7S. The summed E-state index contributed by atoms with van der Waals surface area (Å²) in [5.41, 5.74) is 6.72. The Hall–Kier alpha value is -6.10. The number of carbonyl (C=O) groups excluding carboxylic acids is 4. The second-order valence-corrected chi connectivity index (χ2v) is 16.6. The van der Waals surface area contributed by atoms with Gasteiger partial charge in [-0.1, -0.05) is 24.3 Å². The number of piperidine rings is 1. The number of benzene rings is 3. The van der Waals surface area contributed by atoms with Crippen molar-refractivity contribution in [2.45, 2.75) is 38.3 Å². The molecule has 0 aliphatic carbocycles. The number of para-hydroxylation sites is 1. The van der Waals surface area contributed by atoms with Gasteiger partial charge in [-0.05, 0) is 67.8 Å². The van der Waals surface area contributed by atoms with Crippen molar-refractivity contribution < 1.29 is 28.7 Å². The predicted molar refractivity (Wildman–Crippen MR) is 231 cm³/mol. The molecule has 6 aromatic rings. The van der Waals surface area contributed by atoms with Gasteiger partial charge in [0.15, 0.2) is 0 Å². The average Bonchev–Trinajstić information content (AvgIpc) is 3.71. The number of carbonyl (C=O) groups is 4. The van der Waals surface area contributed by atoms with Gasteiger partial charge in [0, 0.05) is 79.0 Å². The number of fused-ring (bicyclic) bond motifs is 6. The molecule has 3 aliphatic heterocycles. The second-order valence-electron chi connectivity index (χ2n) is 15.6. The molecule has 0 spiro atoms. The van der Waals surface area contributed by atoms with Crippen LogP contribution in [0.1, 0.15) is 41.0 Å². The number of pyridine rings is 1. The number of rotatable bonds is 11. The van der Waals surface area contributed by atoms with Crippen LogP contribution in [-0.2, 0) is 37.3 Å². The number of ether oxygens (including phenoxy) is 2. The standard InChI is InChI=1S/C44H46N8O7S/c1-26-24-45-39-38-30-10-11-31(47-32(30)12-14-35(38)60-41(39)43(56)46-26)27-6-8-29(9-7-27)50-17-19-51(20-18-50)37(54)25-59-23-22-58-21-16-28-4-3-5-33-40(28)49(2)44(57)52(33)34-13-15-36(53)48-42(34)55/h3-12,14,26,34,45H,13,15-25H2,1-2H3,(H,46,56)(H,48,53,55)/t26-,34?/m1/s1. The fourth-order valence-electron chi connectivity index (χ4n) is 8.55. The first-order chi connectivity index (χ1) is 29.1. The Morgan fingerprint density at radius 2 is 1.72 bits per heavy atom. The van der Waals surface area contributed by atoms with Gasteiger partial charge in [0.25, 0.3) is 5.91 Å². The number of nitrogens with one attached hydrogen (secondary N) is 3. The number of anilines is 2. The summed E-state index contributed by atoms with van der Waals surface area (Å²) < 4.78 is 15.6. The molecular weight excluding hydrogens is 785 g/mol. The van der Waals surface area contributed by atoms with Crippen molar-refractivity contribution in [3.05, 3.63) is 87.7 Å². The number of imide groups is 1. The summed E-state index contributed by atoms with van der Waals surface area (Å²) in [6.07, 6.45) is 1.00. The van der Waals surface area contributed by atoms with Crippen LogP contribution in [-0.4, -0.2) is 108 Å². The molecule has 0 saturated carbocycles. The highest BCUT2D eigenvalue weighted by Gasteiger charge is 2.32. The highest BCUT2D eigenvalue weighted by Crippen LogP contribution is 2.41. The Kier molecular flexibility index (Phi) is 10.8. The van der Waals surface area contributed by atoms with Gasteiger partial charge < -0.3 is 29.9 Å². The molecule has 2 saturated heterocycles. The first-order valence-electron chi connectivity index (χ1n) is 20.4. The van der Waals surface area contributed by atoms with Crippen LogP contribution in [0, 0.1) is 0 Å². The summed E-state index contributed by atoms with van der Waals surface area (Å²) in [5, 5.41) is 10.9. The van der Waals surface area contributed by atoms with Crippen LogP contribution < -0.4 is 26.5 Å². The molecule has 3 N–H and O–H groups in total. The third-order valence-electron chi connectivity index (χ3n) is 11.7. The summed E-state index contributed by atoms with van der Waals surface area (Å²) in [5.74, 6) is -0.881. The van der Waals surface area contributed by atoms with E-state index in [-0.39, 0.29) is 55.5 Å². The van der Waals surface area contributed by atoms with Crippen LogP contribution in [0.2, 0.25) is 0 Å². The van der Waals surface area contributed by atoms with E-state index in [1.807, 2.05) is 48.2 Å². The molecule has 4 amide bonds. The van der Waals surface area contributed by atoms with Crippen LogP contribution in [0.3, 0.4) is 0 Å². The first-order valence-corrected chi connectivity index (χ1v) is 21.2. The van der Waals surface area contributed by atoms with Crippen molar-refractivity contribution >= 4 is 78.4 Å². The number of hydrogen-bond donors (Lipinski definition) is 3. The number of hydrogen-bond acceptors (Lipinski definition) is 11. The van der Waals surface area contributed by atoms with E-state index in [4.69, 9.17) is 14.5 Å². The Bertz CT molecular complexity index is 2710. The number of aryl methyl sites for hydroxylation is 1. The van der Waals surface area contributed by atoms with E-state index < -0.39 is 11.9 Å². The van der Waals surface area contributed by atoms with Gasteiger partial charge in [-0.3, -0.25) is 33.6 Å². The molecule has 3 aromatic carbocycles. The molecule has 9 rings (SSSR count). The summed E-state index contributed by atoms with van der Waals surface area (Å²) in [6.45, 7) is 6.24. The monoisotopic (exact) mass is 830 g/mol. The summed E-state index contributed by atoms with van der Waals surface area (Å²) in [7, 11) is 1.68.